The number of amides is 1. The van der Waals surface area contributed by atoms with Crippen LogP contribution in [0.2, 0.25) is 0 Å². The average molecular weight is 324 g/mol. The fraction of sp³-hybridized carbons (Fsp3) is 0.350. The van der Waals surface area contributed by atoms with Gasteiger partial charge in [0, 0.05) is 18.2 Å². The van der Waals surface area contributed by atoms with E-state index in [1.165, 1.54) is 6.07 Å². The van der Waals surface area contributed by atoms with E-state index in [1.807, 2.05) is 24.3 Å². The van der Waals surface area contributed by atoms with Crippen molar-refractivity contribution < 1.29 is 9.18 Å². The van der Waals surface area contributed by atoms with Gasteiger partial charge in [0.15, 0.2) is 0 Å². The van der Waals surface area contributed by atoms with Crippen molar-refractivity contribution in [1.29, 1.82) is 0 Å². The van der Waals surface area contributed by atoms with Crippen LogP contribution in [0.25, 0.3) is 11.1 Å². The molecular weight excluding hydrogens is 303 g/mol. The molecule has 1 spiro atoms. The molecule has 4 heteroatoms. The number of hydrogen-bond acceptors (Lipinski definition) is 2. The van der Waals surface area contributed by atoms with Crippen LogP contribution in [0.3, 0.4) is 0 Å². The van der Waals surface area contributed by atoms with Crippen molar-refractivity contribution in [3.63, 3.8) is 0 Å². The molecule has 2 aromatic carbocycles. The summed E-state index contributed by atoms with van der Waals surface area (Å²) in [6.07, 6.45) is 3.69. The van der Waals surface area contributed by atoms with Crippen molar-refractivity contribution in [2.75, 3.05) is 6.54 Å². The van der Waals surface area contributed by atoms with E-state index in [4.69, 9.17) is 0 Å². The van der Waals surface area contributed by atoms with Crippen LogP contribution in [0.1, 0.15) is 37.3 Å². The second kappa shape index (κ2) is 6.02. The Labute approximate surface area is 141 Å². The predicted molar refractivity (Wildman–Crippen MR) is 91.9 cm³/mol. The van der Waals surface area contributed by atoms with E-state index >= 15 is 0 Å². The zero-order valence-corrected chi connectivity index (χ0v) is 13.5. The molecule has 2 atom stereocenters. The number of nitrogens with one attached hydrogen (secondary N) is 2. The fourth-order valence-electron chi connectivity index (χ4n) is 3.99. The summed E-state index contributed by atoms with van der Waals surface area (Å²) in [6.45, 7) is 0.774. The third-order valence-electron chi connectivity index (χ3n) is 5.28. The van der Waals surface area contributed by atoms with Gasteiger partial charge in [0.2, 0.25) is 5.91 Å². The maximum Gasteiger partial charge on any atom is 0.240 e. The van der Waals surface area contributed by atoms with Crippen LogP contribution in [0.5, 0.6) is 0 Å². The van der Waals surface area contributed by atoms with E-state index in [2.05, 4.69) is 16.7 Å². The highest BCUT2D eigenvalue weighted by molar-refractivity contribution is 5.87. The minimum absolute atomic E-state index is 0.126. The maximum atomic E-state index is 14.1. The molecule has 0 aromatic heterocycles. The van der Waals surface area contributed by atoms with Gasteiger partial charge in [-0.3, -0.25) is 10.1 Å². The van der Waals surface area contributed by atoms with Crippen molar-refractivity contribution in [2.45, 2.75) is 37.3 Å². The minimum Gasteiger partial charge on any atom is -0.354 e. The lowest BCUT2D eigenvalue weighted by molar-refractivity contribution is -0.129. The monoisotopic (exact) mass is 324 g/mol. The van der Waals surface area contributed by atoms with E-state index in [1.54, 1.807) is 12.1 Å². The Balaban J connectivity index is 1.61. The van der Waals surface area contributed by atoms with Gasteiger partial charge in [-0.25, -0.2) is 4.39 Å². The first-order chi connectivity index (χ1) is 11.7. The van der Waals surface area contributed by atoms with Crippen LogP contribution in [-0.2, 0) is 4.79 Å². The second-order valence-electron chi connectivity index (χ2n) is 6.78. The van der Waals surface area contributed by atoms with Gasteiger partial charge in [0.1, 0.15) is 5.82 Å². The standard InChI is InChI=1S/C20H21FN2O/c21-17-8-2-1-7-16(17)14-5-3-6-15(13-14)18-9-11-20(23-18)10-4-12-22-19(20)24/h1-3,5-8,13,18,23H,4,9-12H2,(H,22,24)/t18-,20-/m1/s1. The lowest BCUT2D eigenvalue weighted by atomic mass is 9.88. The molecule has 24 heavy (non-hydrogen) atoms. The molecule has 0 aliphatic carbocycles. The molecule has 0 bridgehead atoms. The molecular formula is C20H21FN2O. The number of piperidine rings is 1. The first-order valence-electron chi connectivity index (χ1n) is 8.59. The fourth-order valence-corrected chi connectivity index (χ4v) is 3.99. The molecule has 2 fully saturated rings. The molecule has 1 amide bonds. The van der Waals surface area contributed by atoms with Gasteiger partial charge in [0.25, 0.3) is 0 Å². The van der Waals surface area contributed by atoms with Crippen molar-refractivity contribution in [3.8, 4) is 11.1 Å². The summed E-state index contributed by atoms with van der Waals surface area (Å²) < 4.78 is 14.1. The molecule has 124 valence electrons. The zero-order chi connectivity index (χ0) is 16.6. The summed E-state index contributed by atoms with van der Waals surface area (Å²) in [5.74, 6) is -0.0846. The van der Waals surface area contributed by atoms with E-state index in [9.17, 15) is 9.18 Å². The third-order valence-corrected chi connectivity index (χ3v) is 5.28. The van der Waals surface area contributed by atoms with Crippen LogP contribution in [-0.4, -0.2) is 18.0 Å². The predicted octanol–water partition coefficient (Wildman–Crippen LogP) is 3.57. The highest BCUT2D eigenvalue weighted by atomic mass is 19.1. The number of carbonyl (C=O) groups is 1. The average Bonchev–Trinajstić information content (AvgIpc) is 3.03. The summed E-state index contributed by atoms with van der Waals surface area (Å²) in [6, 6.07) is 15.0. The second-order valence-corrected chi connectivity index (χ2v) is 6.78. The summed E-state index contributed by atoms with van der Waals surface area (Å²) in [7, 11) is 0. The SMILES string of the molecule is O=C1NCCC[C@@]12CC[C@H](c1cccc(-c3ccccc3F)c1)N2. The molecule has 2 heterocycles. The topological polar surface area (TPSA) is 41.1 Å². The summed E-state index contributed by atoms with van der Waals surface area (Å²) >= 11 is 0. The van der Waals surface area contributed by atoms with Gasteiger partial charge < -0.3 is 5.32 Å². The first-order valence-corrected chi connectivity index (χ1v) is 8.59. The Kier molecular flexibility index (Phi) is 3.85. The molecule has 2 N–H and O–H groups in total. The van der Waals surface area contributed by atoms with Gasteiger partial charge in [-0.05, 0) is 48.9 Å². The summed E-state index contributed by atoms with van der Waals surface area (Å²) in [5.41, 5.74) is 2.19. The molecule has 4 rings (SSSR count). The molecule has 2 saturated heterocycles. The third kappa shape index (κ3) is 2.61. The van der Waals surface area contributed by atoms with Crippen LogP contribution in [0, 0.1) is 5.82 Å². The van der Waals surface area contributed by atoms with Gasteiger partial charge >= 0.3 is 0 Å². The Morgan fingerprint density at radius 3 is 2.79 bits per heavy atom. The molecule has 2 aliphatic heterocycles. The zero-order valence-electron chi connectivity index (χ0n) is 13.5. The minimum atomic E-state index is -0.420. The van der Waals surface area contributed by atoms with Crippen molar-refractivity contribution >= 4 is 5.91 Å². The molecule has 0 saturated carbocycles. The van der Waals surface area contributed by atoms with E-state index in [0.29, 0.717) is 5.56 Å². The van der Waals surface area contributed by atoms with E-state index < -0.39 is 5.54 Å². The number of halogens is 1. The molecule has 2 aromatic rings. The Bertz CT molecular complexity index is 776. The summed E-state index contributed by atoms with van der Waals surface area (Å²) in [5, 5.41) is 6.54. The summed E-state index contributed by atoms with van der Waals surface area (Å²) in [4.78, 5) is 12.3. The van der Waals surface area contributed by atoms with Crippen LogP contribution in [0.4, 0.5) is 4.39 Å². The number of rotatable bonds is 2. The normalized spacial score (nSPS) is 26.5. The van der Waals surface area contributed by atoms with E-state index in [-0.39, 0.29) is 17.8 Å². The van der Waals surface area contributed by atoms with Crippen LogP contribution < -0.4 is 10.6 Å². The lowest BCUT2D eigenvalue weighted by Crippen LogP contribution is -2.57. The highest BCUT2D eigenvalue weighted by Gasteiger charge is 2.46. The first kappa shape index (κ1) is 15.3. The van der Waals surface area contributed by atoms with Crippen molar-refractivity contribution in [1.82, 2.24) is 10.6 Å². The quantitative estimate of drug-likeness (QED) is 0.887. The largest absolute Gasteiger partial charge is 0.354 e. The van der Waals surface area contributed by atoms with Gasteiger partial charge in [-0.2, -0.15) is 0 Å². The highest BCUT2D eigenvalue weighted by Crippen LogP contribution is 2.38. The Morgan fingerprint density at radius 1 is 1.08 bits per heavy atom. The molecule has 0 radical (unpaired) electrons. The molecule has 0 unspecified atom stereocenters. The smallest absolute Gasteiger partial charge is 0.240 e. The Hall–Kier alpha value is -2.20. The van der Waals surface area contributed by atoms with Gasteiger partial charge in [-0.1, -0.05) is 36.4 Å². The van der Waals surface area contributed by atoms with Crippen molar-refractivity contribution in [2.24, 2.45) is 0 Å². The number of hydrogen-bond donors (Lipinski definition) is 2. The lowest BCUT2D eigenvalue weighted by Gasteiger charge is -2.33. The van der Waals surface area contributed by atoms with Gasteiger partial charge in [0.05, 0.1) is 5.54 Å². The molecule has 3 nitrogen and oxygen atoms in total. The van der Waals surface area contributed by atoms with Crippen LogP contribution in [0.15, 0.2) is 48.5 Å². The van der Waals surface area contributed by atoms with E-state index in [0.717, 1.165) is 43.4 Å². The molecule has 2 aliphatic rings. The van der Waals surface area contributed by atoms with Crippen LogP contribution >= 0.6 is 0 Å². The van der Waals surface area contributed by atoms with Gasteiger partial charge in [-0.15, -0.1) is 0 Å². The number of benzene rings is 2. The Morgan fingerprint density at radius 2 is 1.96 bits per heavy atom. The number of carbonyl (C=O) groups excluding carboxylic acids is 1. The maximum absolute atomic E-state index is 14.1. The van der Waals surface area contributed by atoms with Crippen molar-refractivity contribution in [3.05, 3.63) is 59.9 Å².